The summed E-state index contributed by atoms with van der Waals surface area (Å²) in [5.74, 6) is 0.698. The molecule has 1 N–H and O–H groups in total. The van der Waals surface area contributed by atoms with Gasteiger partial charge in [0, 0.05) is 12.1 Å². The van der Waals surface area contributed by atoms with Crippen molar-refractivity contribution in [3.8, 4) is 17.3 Å². The van der Waals surface area contributed by atoms with Crippen molar-refractivity contribution < 1.29 is 0 Å². The molecule has 19 heavy (non-hydrogen) atoms. The maximum Gasteiger partial charge on any atom is 0.148 e. The van der Waals surface area contributed by atoms with Crippen molar-refractivity contribution in [2.75, 3.05) is 11.9 Å². The first-order valence-corrected chi connectivity index (χ1v) is 6.23. The fraction of sp³-hybridized carbons (Fsp3) is 0.267. The molecule has 0 saturated heterocycles. The summed E-state index contributed by atoms with van der Waals surface area (Å²) < 4.78 is 0. The third kappa shape index (κ3) is 3.29. The number of benzene rings is 1. The third-order valence-electron chi connectivity index (χ3n) is 2.88. The van der Waals surface area contributed by atoms with Crippen molar-refractivity contribution in [3.05, 3.63) is 41.5 Å². The van der Waals surface area contributed by atoms with E-state index in [4.69, 9.17) is 5.26 Å². The van der Waals surface area contributed by atoms with Crippen LogP contribution in [0.5, 0.6) is 0 Å². The van der Waals surface area contributed by atoms with Crippen LogP contribution in [0.2, 0.25) is 0 Å². The molecule has 0 saturated carbocycles. The van der Waals surface area contributed by atoms with E-state index < -0.39 is 0 Å². The van der Waals surface area contributed by atoms with E-state index in [1.165, 1.54) is 11.1 Å². The Kier molecular flexibility index (Phi) is 4.09. The van der Waals surface area contributed by atoms with Gasteiger partial charge in [-0.25, -0.2) is 0 Å². The molecular weight excluding hydrogens is 236 g/mol. The molecule has 0 bridgehead atoms. The van der Waals surface area contributed by atoms with E-state index >= 15 is 0 Å². The highest BCUT2D eigenvalue weighted by molar-refractivity contribution is 5.64. The molecule has 4 nitrogen and oxygen atoms in total. The van der Waals surface area contributed by atoms with Crippen LogP contribution in [-0.2, 0) is 0 Å². The summed E-state index contributed by atoms with van der Waals surface area (Å²) in [6, 6.07) is 12.2. The first-order valence-electron chi connectivity index (χ1n) is 6.23. The van der Waals surface area contributed by atoms with Gasteiger partial charge in [-0.2, -0.15) is 5.26 Å². The zero-order valence-electron chi connectivity index (χ0n) is 11.1. The molecule has 1 heterocycles. The number of nitrogens with zero attached hydrogens (tertiary/aromatic N) is 3. The number of nitrogens with one attached hydrogen (secondary N) is 1. The second kappa shape index (κ2) is 5.96. The Morgan fingerprint density at radius 3 is 2.68 bits per heavy atom. The number of aryl methyl sites for hydroxylation is 2. The maximum atomic E-state index is 8.47. The Balaban J connectivity index is 2.18. The van der Waals surface area contributed by atoms with Crippen molar-refractivity contribution in [2.24, 2.45) is 0 Å². The lowest BCUT2D eigenvalue weighted by Crippen LogP contribution is -2.03. The first kappa shape index (κ1) is 13.0. The molecule has 0 atom stereocenters. The molecule has 0 aliphatic heterocycles. The summed E-state index contributed by atoms with van der Waals surface area (Å²) >= 11 is 0. The Morgan fingerprint density at radius 1 is 1.16 bits per heavy atom. The second-order valence-electron chi connectivity index (χ2n) is 4.46. The Bertz CT molecular complexity index is 597. The van der Waals surface area contributed by atoms with Crippen molar-refractivity contribution in [2.45, 2.75) is 20.3 Å². The van der Waals surface area contributed by atoms with Crippen molar-refractivity contribution in [1.29, 1.82) is 5.26 Å². The number of hydrogen-bond donors (Lipinski definition) is 1. The van der Waals surface area contributed by atoms with Crippen LogP contribution in [0.15, 0.2) is 30.3 Å². The molecule has 1 aromatic heterocycles. The molecule has 0 spiro atoms. The number of aromatic nitrogens is 2. The quantitative estimate of drug-likeness (QED) is 0.849. The van der Waals surface area contributed by atoms with Gasteiger partial charge in [-0.15, -0.1) is 10.2 Å². The van der Waals surface area contributed by atoms with Crippen LogP contribution in [-0.4, -0.2) is 16.7 Å². The molecule has 0 aliphatic rings. The van der Waals surface area contributed by atoms with Gasteiger partial charge in [0.05, 0.1) is 18.2 Å². The van der Waals surface area contributed by atoms with Gasteiger partial charge in [-0.05, 0) is 37.6 Å². The summed E-state index contributed by atoms with van der Waals surface area (Å²) in [5.41, 5.74) is 4.37. The molecule has 0 unspecified atom stereocenters. The predicted octanol–water partition coefficient (Wildman–Crippen LogP) is 3.09. The molecule has 2 aromatic rings. The minimum atomic E-state index is 0.459. The first-order chi connectivity index (χ1) is 9.20. The van der Waals surface area contributed by atoms with Crippen LogP contribution in [0.25, 0.3) is 11.3 Å². The predicted molar refractivity (Wildman–Crippen MR) is 75.7 cm³/mol. The standard InChI is InChI=1S/C15H16N4/c1-11-4-5-12(2)13(10-11)14-6-7-15(19-18-14)17-9-3-8-16/h4-7,10H,3,9H2,1-2H3,(H,17,19). The van der Waals surface area contributed by atoms with Crippen molar-refractivity contribution in [3.63, 3.8) is 0 Å². The highest BCUT2D eigenvalue weighted by atomic mass is 15.2. The summed E-state index contributed by atoms with van der Waals surface area (Å²) in [6.07, 6.45) is 0.459. The molecule has 0 radical (unpaired) electrons. The molecule has 96 valence electrons. The topological polar surface area (TPSA) is 61.6 Å². The molecule has 0 amide bonds. The minimum absolute atomic E-state index is 0.459. The van der Waals surface area contributed by atoms with Gasteiger partial charge < -0.3 is 5.32 Å². The molecule has 0 fully saturated rings. The average molecular weight is 252 g/mol. The zero-order valence-corrected chi connectivity index (χ0v) is 11.1. The molecular formula is C15H16N4. The van der Waals surface area contributed by atoms with Crippen LogP contribution in [0.4, 0.5) is 5.82 Å². The van der Waals surface area contributed by atoms with Gasteiger partial charge in [0.25, 0.3) is 0 Å². The van der Waals surface area contributed by atoms with E-state index in [2.05, 4.69) is 53.6 Å². The normalized spacial score (nSPS) is 9.95. The second-order valence-corrected chi connectivity index (χ2v) is 4.46. The largest absolute Gasteiger partial charge is 0.368 e. The van der Waals surface area contributed by atoms with Gasteiger partial charge in [0.1, 0.15) is 5.82 Å². The fourth-order valence-corrected chi connectivity index (χ4v) is 1.83. The van der Waals surface area contributed by atoms with Crippen LogP contribution >= 0.6 is 0 Å². The molecule has 4 heteroatoms. The zero-order chi connectivity index (χ0) is 13.7. The summed E-state index contributed by atoms with van der Waals surface area (Å²) in [5, 5.41) is 19.9. The van der Waals surface area contributed by atoms with E-state index in [0.29, 0.717) is 18.8 Å². The highest BCUT2D eigenvalue weighted by Gasteiger charge is 2.04. The highest BCUT2D eigenvalue weighted by Crippen LogP contribution is 2.22. The van der Waals surface area contributed by atoms with Crippen LogP contribution < -0.4 is 5.32 Å². The Morgan fingerprint density at radius 2 is 2.00 bits per heavy atom. The van der Waals surface area contributed by atoms with Crippen molar-refractivity contribution >= 4 is 5.82 Å². The monoisotopic (exact) mass is 252 g/mol. The average Bonchev–Trinajstić information content (AvgIpc) is 2.43. The molecule has 0 aliphatic carbocycles. The van der Waals surface area contributed by atoms with Gasteiger partial charge in [-0.1, -0.05) is 17.7 Å². The lowest BCUT2D eigenvalue weighted by atomic mass is 10.0. The van der Waals surface area contributed by atoms with Crippen LogP contribution in [0.1, 0.15) is 17.5 Å². The van der Waals surface area contributed by atoms with Gasteiger partial charge >= 0.3 is 0 Å². The van der Waals surface area contributed by atoms with Crippen LogP contribution in [0.3, 0.4) is 0 Å². The van der Waals surface area contributed by atoms with Gasteiger partial charge in [0.2, 0.25) is 0 Å². The van der Waals surface area contributed by atoms with E-state index in [9.17, 15) is 0 Å². The fourth-order valence-electron chi connectivity index (χ4n) is 1.83. The van der Waals surface area contributed by atoms with Crippen LogP contribution in [0, 0.1) is 25.2 Å². The van der Waals surface area contributed by atoms with E-state index in [0.717, 1.165) is 11.3 Å². The lowest BCUT2D eigenvalue weighted by molar-refractivity contribution is 0.991. The van der Waals surface area contributed by atoms with Gasteiger partial charge in [0.15, 0.2) is 0 Å². The summed E-state index contributed by atoms with van der Waals surface area (Å²) in [4.78, 5) is 0. The summed E-state index contributed by atoms with van der Waals surface area (Å²) in [6.45, 7) is 4.72. The number of hydrogen-bond acceptors (Lipinski definition) is 4. The van der Waals surface area contributed by atoms with E-state index in [-0.39, 0.29) is 0 Å². The number of anilines is 1. The molecule has 2 rings (SSSR count). The summed E-state index contributed by atoms with van der Waals surface area (Å²) in [7, 11) is 0. The maximum absolute atomic E-state index is 8.47. The van der Waals surface area contributed by atoms with Crippen molar-refractivity contribution in [1.82, 2.24) is 10.2 Å². The lowest BCUT2D eigenvalue weighted by Gasteiger charge is -2.07. The number of rotatable bonds is 4. The minimum Gasteiger partial charge on any atom is -0.368 e. The van der Waals surface area contributed by atoms with E-state index in [1.807, 2.05) is 12.1 Å². The smallest absolute Gasteiger partial charge is 0.148 e. The SMILES string of the molecule is Cc1ccc(C)c(-c2ccc(NCCC#N)nn2)c1. The Hall–Kier alpha value is -2.41. The molecule has 1 aromatic carbocycles. The number of nitriles is 1. The van der Waals surface area contributed by atoms with Gasteiger partial charge in [-0.3, -0.25) is 0 Å². The van der Waals surface area contributed by atoms with E-state index in [1.54, 1.807) is 0 Å². The third-order valence-corrected chi connectivity index (χ3v) is 2.88. The Labute approximate surface area is 113 Å².